The van der Waals surface area contributed by atoms with Crippen molar-refractivity contribution in [3.8, 4) is 5.88 Å². The Morgan fingerprint density at radius 1 is 1.34 bits per heavy atom. The highest BCUT2D eigenvalue weighted by atomic mass is 32.2. The third-order valence-electron chi connectivity index (χ3n) is 4.24. The van der Waals surface area contributed by atoms with Crippen LogP contribution in [0, 0.1) is 6.92 Å². The van der Waals surface area contributed by atoms with Crippen LogP contribution in [0.3, 0.4) is 0 Å². The standard InChI is InChI=1S/C16H19N5O9S2/c1-4-21-15(23)12(14(17)22)7(2)13(16(21)24)20-19-9-5-8(18-3)10(31-30-29-25)6-11(9)32(26,27)28/h5-6,18,23,25H,4H2,1-3H3,(H2,17,22)(H,26,27,28). The molecule has 174 valence electrons. The van der Waals surface area contributed by atoms with Gasteiger partial charge in [0.1, 0.15) is 16.1 Å². The molecule has 0 spiro atoms. The summed E-state index contributed by atoms with van der Waals surface area (Å²) in [5.41, 5.74) is 3.55. The predicted octanol–water partition coefficient (Wildman–Crippen LogP) is 2.11. The van der Waals surface area contributed by atoms with Crippen LogP contribution in [-0.4, -0.2) is 40.9 Å². The van der Waals surface area contributed by atoms with Crippen molar-refractivity contribution in [2.24, 2.45) is 16.0 Å². The zero-order chi connectivity index (χ0) is 24.2. The molecule has 0 aliphatic heterocycles. The van der Waals surface area contributed by atoms with E-state index in [1.165, 1.54) is 27.0 Å². The number of aromatic nitrogens is 1. The average molecular weight is 489 g/mol. The molecule has 0 unspecified atom stereocenters. The van der Waals surface area contributed by atoms with E-state index in [1.807, 2.05) is 0 Å². The largest absolute Gasteiger partial charge is 0.494 e. The zero-order valence-corrected chi connectivity index (χ0v) is 18.5. The van der Waals surface area contributed by atoms with Crippen molar-refractivity contribution in [1.29, 1.82) is 0 Å². The minimum atomic E-state index is -4.82. The van der Waals surface area contributed by atoms with Gasteiger partial charge in [-0.3, -0.25) is 18.7 Å². The van der Waals surface area contributed by atoms with E-state index in [2.05, 4.69) is 24.9 Å². The van der Waals surface area contributed by atoms with E-state index >= 15 is 0 Å². The number of pyridine rings is 1. The Labute approximate surface area is 185 Å². The van der Waals surface area contributed by atoms with Gasteiger partial charge < -0.3 is 16.2 Å². The first-order valence-electron chi connectivity index (χ1n) is 8.63. The number of carbonyl (C=O) groups excluding carboxylic acids is 1. The Balaban J connectivity index is 2.77. The van der Waals surface area contributed by atoms with E-state index in [0.717, 1.165) is 10.6 Å². The molecule has 1 aromatic heterocycles. The number of benzene rings is 1. The third kappa shape index (κ3) is 5.06. The van der Waals surface area contributed by atoms with Crippen LogP contribution in [0.2, 0.25) is 0 Å². The smallest absolute Gasteiger partial charge is 0.296 e. The first-order chi connectivity index (χ1) is 15.0. The third-order valence-corrected chi connectivity index (χ3v) is 5.77. The molecule has 0 fully saturated rings. The van der Waals surface area contributed by atoms with E-state index < -0.39 is 32.4 Å². The molecule has 1 aromatic carbocycles. The van der Waals surface area contributed by atoms with Crippen LogP contribution in [0.4, 0.5) is 17.1 Å². The maximum atomic E-state index is 12.7. The monoisotopic (exact) mass is 489 g/mol. The zero-order valence-electron chi connectivity index (χ0n) is 16.9. The highest BCUT2D eigenvalue weighted by Crippen LogP contribution is 2.37. The molecule has 0 radical (unpaired) electrons. The van der Waals surface area contributed by atoms with Gasteiger partial charge in [-0.2, -0.15) is 8.42 Å². The molecule has 0 aliphatic rings. The molecule has 16 heteroatoms. The molecule has 0 atom stereocenters. The molecule has 6 N–H and O–H groups in total. The first-order valence-corrected chi connectivity index (χ1v) is 10.8. The molecule has 0 aliphatic carbocycles. The number of nitrogens with one attached hydrogen (secondary N) is 1. The highest BCUT2D eigenvalue weighted by molar-refractivity contribution is 7.94. The lowest BCUT2D eigenvalue weighted by Gasteiger charge is -2.13. The van der Waals surface area contributed by atoms with E-state index in [1.54, 1.807) is 0 Å². The van der Waals surface area contributed by atoms with Gasteiger partial charge in [-0.05, 0) is 26.0 Å². The summed E-state index contributed by atoms with van der Waals surface area (Å²) in [5, 5.41) is 32.2. The molecule has 0 saturated heterocycles. The highest BCUT2D eigenvalue weighted by Gasteiger charge is 2.23. The van der Waals surface area contributed by atoms with Crippen molar-refractivity contribution in [2.75, 3.05) is 12.4 Å². The lowest BCUT2D eigenvalue weighted by molar-refractivity contribution is -0.432. The van der Waals surface area contributed by atoms with Gasteiger partial charge in [-0.15, -0.1) is 14.6 Å². The second-order valence-corrected chi connectivity index (χ2v) is 8.19. The molecule has 0 saturated carbocycles. The fourth-order valence-corrected chi connectivity index (χ4v) is 3.99. The van der Waals surface area contributed by atoms with Crippen LogP contribution < -0.4 is 16.6 Å². The maximum Gasteiger partial charge on any atom is 0.296 e. The summed E-state index contributed by atoms with van der Waals surface area (Å²) in [4.78, 5) is 23.8. The molecule has 2 rings (SSSR count). The summed E-state index contributed by atoms with van der Waals surface area (Å²) in [5.74, 6) is -1.65. The van der Waals surface area contributed by atoms with Crippen LogP contribution in [0.1, 0.15) is 22.8 Å². The van der Waals surface area contributed by atoms with Crippen LogP contribution >= 0.6 is 12.0 Å². The van der Waals surface area contributed by atoms with Gasteiger partial charge in [0, 0.05) is 19.2 Å². The van der Waals surface area contributed by atoms with Crippen molar-refractivity contribution >= 4 is 45.1 Å². The number of amides is 1. The van der Waals surface area contributed by atoms with Gasteiger partial charge >= 0.3 is 0 Å². The normalized spacial score (nSPS) is 11.8. The van der Waals surface area contributed by atoms with Crippen molar-refractivity contribution < 1.29 is 37.5 Å². The van der Waals surface area contributed by atoms with Gasteiger partial charge in [0.25, 0.3) is 21.6 Å². The maximum absolute atomic E-state index is 12.7. The van der Waals surface area contributed by atoms with Crippen molar-refractivity contribution in [2.45, 2.75) is 30.2 Å². The van der Waals surface area contributed by atoms with Crippen LogP contribution in [0.15, 0.2) is 36.9 Å². The number of azo groups is 1. The Hall–Kier alpha value is -3.02. The van der Waals surface area contributed by atoms with Crippen LogP contribution in [-0.2, 0) is 26.0 Å². The Kier molecular flexibility index (Phi) is 7.94. The summed E-state index contributed by atoms with van der Waals surface area (Å²) in [6, 6.07) is 2.13. The number of nitrogens with zero attached hydrogens (tertiary/aromatic N) is 3. The van der Waals surface area contributed by atoms with Crippen molar-refractivity contribution in [1.82, 2.24) is 4.57 Å². The molecule has 0 bridgehead atoms. The molecule has 1 amide bonds. The fourth-order valence-electron chi connectivity index (χ4n) is 2.77. The van der Waals surface area contributed by atoms with Gasteiger partial charge in [-0.1, -0.05) is 5.04 Å². The summed E-state index contributed by atoms with van der Waals surface area (Å²) < 4.78 is 38.4. The Bertz CT molecular complexity index is 1240. The van der Waals surface area contributed by atoms with E-state index in [4.69, 9.17) is 11.0 Å². The average Bonchev–Trinajstić information content (AvgIpc) is 2.71. The molecule has 1 heterocycles. The van der Waals surface area contributed by atoms with Crippen molar-refractivity contribution in [3.05, 3.63) is 33.6 Å². The van der Waals surface area contributed by atoms with Gasteiger partial charge in [0.05, 0.1) is 22.6 Å². The second kappa shape index (κ2) is 10.1. The van der Waals surface area contributed by atoms with Gasteiger partial charge in [-0.25, -0.2) is 5.26 Å². The summed E-state index contributed by atoms with van der Waals surface area (Å²) >= 11 is 0.427. The number of hydrogen-bond donors (Lipinski definition) is 5. The fraction of sp³-hybridized carbons (Fsp3) is 0.250. The van der Waals surface area contributed by atoms with Crippen molar-refractivity contribution in [3.63, 3.8) is 0 Å². The summed E-state index contributed by atoms with van der Waals surface area (Å²) in [7, 11) is -3.34. The number of carbonyl (C=O) groups is 1. The minimum Gasteiger partial charge on any atom is -0.494 e. The summed E-state index contributed by atoms with van der Waals surface area (Å²) in [6.07, 6.45) is 0. The number of aromatic hydroxyl groups is 1. The summed E-state index contributed by atoms with van der Waals surface area (Å²) in [6.45, 7) is 2.82. The predicted molar refractivity (Wildman–Crippen MR) is 112 cm³/mol. The number of nitrogens with two attached hydrogens (primary N) is 1. The Morgan fingerprint density at radius 3 is 2.50 bits per heavy atom. The van der Waals surface area contributed by atoms with E-state index in [-0.39, 0.29) is 39.6 Å². The number of rotatable bonds is 9. The van der Waals surface area contributed by atoms with Gasteiger partial charge in [0.2, 0.25) is 5.88 Å². The molecule has 32 heavy (non-hydrogen) atoms. The topological polar surface area (TPSA) is 215 Å². The van der Waals surface area contributed by atoms with E-state index in [0.29, 0.717) is 12.0 Å². The lowest BCUT2D eigenvalue weighted by atomic mass is 10.1. The number of hydrogen-bond acceptors (Lipinski definition) is 12. The van der Waals surface area contributed by atoms with Gasteiger partial charge in [0.15, 0.2) is 5.69 Å². The quantitative estimate of drug-likeness (QED) is 0.113. The number of primary amides is 1. The molecule has 14 nitrogen and oxygen atoms in total. The lowest BCUT2D eigenvalue weighted by Crippen LogP contribution is -2.25. The molecular formula is C16H19N5O9S2. The first kappa shape index (κ1) is 25.2. The molecule has 2 aromatic rings. The Morgan fingerprint density at radius 2 is 2.00 bits per heavy atom. The SMILES string of the molecule is CCn1c(O)c(C(N)=O)c(C)c(N=Nc2cc(NC)c(SOOO)cc2S(=O)(=O)O)c1=O. The molecular weight excluding hydrogens is 470 g/mol. The van der Waals surface area contributed by atoms with E-state index in [9.17, 15) is 27.7 Å². The van der Waals surface area contributed by atoms with Crippen LogP contribution in [0.25, 0.3) is 0 Å². The minimum absolute atomic E-state index is 0.0211. The second-order valence-electron chi connectivity index (χ2n) is 6.05. The van der Waals surface area contributed by atoms with Crippen LogP contribution in [0.5, 0.6) is 5.88 Å². The number of anilines is 1.